The maximum atomic E-state index is 12.5. The van der Waals surface area contributed by atoms with Gasteiger partial charge in [-0.25, -0.2) is 4.79 Å². The summed E-state index contributed by atoms with van der Waals surface area (Å²) in [7, 11) is 1.99. The summed E-state index contributed by atoms with van der Waals surface area (Å²) in [4.78, 5) is 15.7. The monoisotopic (exact) mass is 339 g/mol. The molecule has 23 heavy (non-hydrogen) atoms. The number of carbonyl (C=O) groups is 1. The lowest BCUT2D eigenvalue weighted by Gasteiger charge is -2.34. The van der Waals surface area contributed by atoms with E-state index in [0.717, 1.165) is 13.0 Å². The molecule has 2 N–H and O–H groups in total. The summed E-state index contributed by atoms with van der Waals surface area (Å²) in [5.74, 6) is -0.824. The molecule has 2 atom stereocenters. The van der Waals surface area contributed by atoms with Crippen molar-refractivity contribution in [1.29, 1.82) is 0 Å². The predicted molar refractivity (Wildman–Crippen MR) is 82.1 cm³/mol. The van der Waals surface area contributed by atoms with Gasteiger partial charge in [0, 0.05) is 32.2 Å². The second kappa shape index (κ2) is 8.73. The number of carbonyl (C=O) groups excluding carboxylic acids is 1. The zero-order valence-corrected chi connectivity index (χ0v) is 14.1. The molecule has 0 radical (unpaired) electrons. The number of alkyl halides is 3. The molecule has 0 spiro atoms. The van der Waals surface area contributed by atoms with Gasteiger partial charge >= 0.3 is 12.2 Å². The fraction of sp³-hybridized carbons (Fsp3) is 0.933. The zero-order chi connectivity index (χ0) is 17.6. The Morgan fingerprint density at radius 1 is 1.39 bits per heavy atom. The minimum atomic E-state index is -4.59. The standard InChI is InChI=1S/C15H28F3N3O2/c1-4-11(2)20(3)10-7-19-14(23)21-8-5-12(6-9-21)13(22)15(16,17)18/h11-13,22H,4-10H2,1-3H3,(H,19,23). The number of piperidine rings is 1. The van der Waals surface area contributed by atoms with Crippen LogP contribution in [-0.2, 0) is 0 Å². The molecule has 0 aromatic carbocycles. The third kappa shape index (κ3) is 6.18. The van der Waals surface area contributed by atoms with Crippen LogP contribution in [0.5, 0.6) is 0 Å². The Hall–Kier alpha value is -1.02. The molecule has 2 unspecified atom stereocenters. The van der Waals surface area contributed by atoms with E-state index in [0.29, 0.717) is 12.6 Å². The lowest BCUT2D eigenvalue weighted by molar-refractivity contribution is -0.222. The van der Waals surface area contributed by atoms with Gasteiger partial charge in [0.05, 0.1) is 0 Å². The van der Waals surface area contributed by atoms with Crippen LogP contribution in [-0.4, -0.2) is 72.5 Å². The molecule has 1 aliphatic rings. The van der Waals surface area contributed by atoms with Crippen molar-refractivity contribution in [2.24, 2.45) is 5.92 Å². The second-order valence-electron chi connectivity index (χ2n) is 6.28. The Morgan fingerprint density at radius 3 is 2.43 bits per heavy atom. The highest BCUT2D eigenvalue weighted by atomic mass is 19.4. The molecule has 1 fully saturated rings. The smallest absolute Gasteiger partial charge is 0.383 e. The number of hydrogen-bond acceptors (Lipinski definition) is 3. The van der Waals surface area contributed by atoms with Crippen molar-refractivity contribution in [2.75, 3.05) is 33.2 Å². The normalized spacial score (nSPS) is 19.7. The molecular weight excluding hydrogens is 311 g/mol. The van der Waals surface area contributed by atoms with Gasteiger partial charge in [0.15, 0.2) is 6.10 Å². The van der Waals surface area contributed by atoms with E-state index in [1.165, 1.54) is 4.90 Å². The summed E-state index contributed by atoms with van der Waals surface area (Å²) >= 11 is 0. The molecule has 0 aliphatic carbocycles. The van der Waals surface area contributed by atoms with E-state index in [1.807, 2.05) is 7.05 Å². The zero-order valence-electron chi connectivity index (χ0n) is 14.1. The van der Waals surface area contributed by atoms with Gasteiger partial charge in [-0.1, -0.05) is 6.92 Å². The van der Waals surface area contributed by atoms with E-state index in [9.17, 15) is 23.1 Å². The predicted octanol–water partition coefficient (Wildman–Crippen LogP) is 2.06. The van der Waals surface area contributed by atoms with Crippen LogP contribution in [0.3, 0.4) is 0 Å². The number of rotatable bonds is 6. The molecule has 136 valence electrons. The summed E-state index contributed by atoms with van der Waals surface area (Å²) in [5, 5.41) is 12.1. The number of urea groups is 1. The Kier molecular flexibility index (Phi) is 7.60. The van der Waals surface area contributed by atoms with Gasteiger partial charge in [0.25, 0.3) is 0 Å². The van der Waals surface area contributed by atoms with Crippen LogP contribution < -0.4 is 5.32 Å². The van der Waals surface area contributed by atoms with Crippen LogP contribution in [0, 0.1) is 5.92 Å². The number of halogens is 3. The average Bonchev–Trinajstić information content (AvgIpc) is 2.52. The molecule has 1 rings (SSSR count). The third-order valence-electron chi connectivity index (χ3n) is 4.69. The molecule has 8 heteroatoms. The molecular formula is C15H28F3N3O2. The highest BCUT2D eigenvalue weighted by molar-refractivity contribution is 5.74. The first-order valence-electron chi connectivity index (χ1n) is 8.14. The Labute approximate surface area is 135 Å². The van der Waals surface area contributed by atoms with Crippen molar-refractivity contribution >= 4 is 6.03 Å². The second-order valence-corrected chi connectivity index (χ2v) is 6.28. The van der Waals surface area contributed by atoms with E-state index in [1.54, 1.807) is 0 Å². The third-order valence-corrected chi connectivity index (χ3v) is 4.69. The van der Waals surface area contributed by atoms with Crippen molar-refractivity contribution in [3.63, 3.8) is 0 Å². The fourth-order valence-corrected chi connectivity index (χ4v) is 2.67. The number of amides is 2. The maximum absolute atomic E-state index is 12.5. The first-order chi connectivity index (χ1) is 10.7. The molecule has 0 aromatic rings. The Balaban J connectivity index is 2.30. The lowest BCUT2D eigenvalue weighted by Crippen LogP contribution is -2.49. The number of hydrogen-bond donors (Lipinski definition) is 2. The Morgan fingerprint density at radius 2 is 1.96 bits per heavy atom. The van der Waals surface area contributed by atoms with E-state index in [2.05, 4.69) is 24.1 Å². The highest BCUT2D eigenvalue weighted by Crippen LogP contribution is 2.31. The number of nitrogens with zero attached hydrogens (tertiary/aromatic N) is 2. The van der Waals surface area contributed by atoms with Crippen molar-refractivity contribution in [2.45, 2.75) is 51.4 Å². The molecule has 1 saturated heterocycles. The lowest BCUT2D eigenvalue weighted by atomic mass is 9.91. The molecule has 1 aliphatic heterocycles. The fourth-order valence-electron chi connectivity index (χ4n) is 2.67. The van der Waals surface area contributed by atoms with Crippen LogP contribution in [0.4, 0.5) is 18.0 Å². The van der Waals surface area contributed by atoms with Crippen LogP contribution in [0.25, 0.3) is 0 Å². The minimum Gasteiger partial charge on any atom is -0.383 e. The number of likely N-dealkylation sites (tertiary alicyclic amines) is 1. The van der Waals surface area contributed by atoms with Gasteiger partial charge in [-0.3, -0.25) is 0 Å². The van der Waals surface area contributed by atoms with E-state index in [-0.39, 0.29) is 32.0 Å². The quantitative estimate of drug-likeness (QED) is 0.779. The van der Waals surface area contributed by atoms with E-state index >= 15 is 0 Å². The summed E-state index contributed by atoms with van der Waals surface area (Å²) in [6, 6.07) is 0.189. The molecule has 0 aromatic heterocycles. The molecule has 0 bridgehead atoms. The van der Waals surface area contributed by atoms with Crippen molar-refractivity contribution in [3.05, 3.63) is 0 Å². The summed E-state index contributed by atoms with van der Waals surface area (Å²) < 4.78 is 37.4. The topological polar surface area (TPSA) is 55.8 Å². The summed E-state index contributed by atoms with van der Waals surface area (Å²) in [5.41, 5.74) is 0. The average molecular weight is 339 g/mol. The van der Waals surface area contributed by atoms with Crippen molar-refractivity contribution in [1.82, 2.24) is 15.1 Å². The Bertz CT molecular complexity index is 371. The minimum absolute atomic E-state index is 0.168. The highest BCUT2D eigenvalue weighted by Gasteiger charge is 2.44. The van der Waals surface area contributed by atoms with Gasteiger partial charge in [-0.15, -0.1) is 0 Å². The number of aliphatic hydroxyl groups excluding tert-OH is 1. The molecule has 2 amide bonds. The summed E-state index contributed by atoms with van der Waals surface area (Å²) in [6.07, 6.45) is -5.52. The van der Waals surface area contributed by atoms with Gasteiger partial charge in [-0.05, 0) is 39.2 Å². The van der Waals surface area contributed by atoms with Crippen LogP contribution in [0.2, 0.25) is 0 Å². The van der Waals surface area contributed by atoms with Crippen LogP contribution >= 0.6 is 0 Å². The molecule has 1 heterocycles. The number of likely N-dealkylation sites (N-methyl/N-ethyl adjacent to an activating group) is 1. The molecule has 0 saturated carbocycles. The summed E-state index contributed by atoms with van der Waals surface area (Å²) in [6.45, 7) is 5.92. The number of aliphatic hydroxyl groups is 1. The maximum Gasteiger partial charge on any atom is 0.414 e. The molecule has 5 nitrogen and oxygen atoms in total. The van der Waals surface area contributed by atoms with Gasteiger partial charge in [0.1, 0.15) is 0 Å². The largest absolute Gasteiger partial charge is 0.414 e. The van der Waals surface area contributed by atoms with Gasteiger partial charge in [-0.2, -0.15) is 13.2 Å². The number of nitrogens with one attached hydrogen (secondary N) is 1. The van der Waals surface area contributed by atoms with Crippen molar-refractivity contribution < 1.29 is 23.1 Å². The SMILES string of the molecule is CCC(C)N(C)CCNC(=O)N1CCC(C(O)C(F)(F)F)CC1. The van der Waals surface area contributed by atoms with Gasteiger partial charge in [0.2, 0.25) is 0 Å². The van der Waals surface area contributed by atoms with E-state index < -0.39 is 18.2 Å². The van der Waals surface area contributed by atoms with Crippen molar-refractivity contribution in [3.8, 4) is 0 Å². The van der Waals surface area contributed by atoms with Crippen LogP contribution in [0.15, 0.2) is 0 Å². The first-order valence-corrected chi connectivity index (χ1v) is 8.14. The van der Waals surface area contributed by atoms with Crippen LogP contribution in [0.1, 0.15) is 33.1 Å². The van der Waals surface area contributed by atoms with E-state index in [4.69, 9.17) is 0 Å². The first kappa shape index (κ1) is 20.0. The van der Waals surface area contributed by atoms with Gasteiger partial charge < -0.3 is 20.2 Å².